The molecule has 3 rings (SSSR count). The molecule has 3 aromatic carbocycles. The number of halogens is 1. The number of amides is 1. The number of hydrogen-bond donors (Lipinski definition) is 2. The number of anilines is 1. The monoisotopic (exact) mass is 452 g/mol. The van der Waals surface area contributed by atoms with Gasteiger partial charge in [0, 0.05) is 12.2 Å². The lowest BCUT2D eigenvalue weighted by Gasteiger charge is -2.12. The summed E-state index contributed by atoms with van der Waals surface area (Å²) < 4.78 is 10.9. The molecule has 0 radical (unpaired) electrons. The van der Waals surface area contributed by atoms with Crippen LogP contribution in [0.2, 0.25) is 0 Å². The Hall–Kier alpha value is -3.28. The van der Waals surface area contributed by atoms with E-state index in [4.69, 9.17) is 15.2 Å². The lowest BCUT2D eigenvalue weighted by atomic mass is 10.1. The molecule has 32 heavy (non-hydrogen) atoms. The Bertz CT molecular complexity index is 1070. The maximum Gasteiger partial charge on any atom is 0.228 e. The molecule has 0 saturated heterocycles. The van der Waals surface area contributed by atoms with E-state index in [1.54, 1.807) is 13.2 Å². The number of carbonyl (C=O) groups is 1. The first-order chi connectivity index (χ1) is 15.1. The number of rotatable bonds is 9. The van der Waals surface area contributed by atoms with Gasteiger partial charge in [-0.15, -0.1) is 12.4 Å². The van der Waals surface area contributed by atoms with Gasteiger partial charge >= 0.3 is 0 Å². The van der Waals surface area contributed by atoms with Gasteiger partial charge in [0.05, 0.1) is 13.5 Å². The third-order valence-electron chi connectivity index (χ3n) is 4.65. The first-order valence-corrected chi connectivity index (χ1v) is 10.2. The average molecular weight is 453 g/mol. The maximum atomic E-state index is 12.5. The molecular formula is C26H29ClN2O3. The molecule has 0 fully saturated rings. The van der Waals surface area contributed by atoms with Crippen LogP contribution in [0.1, 0.15) is 22.3 Å². The van der Waals surface area contributed by atoms with Crippen molar-refractivity contribution in [3.63, 3.8) is 0 Å². The van der Waals surface area contributed by atoms with Crippen molar-refractivity contribution in [2.24, 2.45) is 5.73 Å². The zero-order valence-corrected chi connectivity index (χ0v) is 19.2. The van der Waals surface area contributed by atoms with E-state index in [-0.39, 0.29) is 24.7 Å². The number of aryl methyl sites for hydroxylation is 1. The minimum absolute atomic E-state index is 0. The second kappa shape index (κ2) is 12.5. The minimum Gasteiger partial charge on any atom is -0.493 e. The van der Waals surface area contributed by atoms with Crippen LogP contribution in [0.4, 0.5) is 5.69 Å². The summed E-state index contributed by atoms with van der Waals surface area (Å²) in [5.41, 5.74) is 10.5. The molecule has 0 bridgehead atoms. The second-order valence-corrected chi connectivity index (χ2v) is 7.22. The van der Waals surface area contributed by atoms with Gasteiger partial charge in [0.2, 0.25) is 5.91 Å². The first-order valence-electron chi connectivity index (χ1n) is 10.2. The van der Waals surface area contributed by atoms with Crippen molar-refractivity contribution in [2.45, 2.75) is 13.3 Å². The number of hydrogen-bond acceptors (Lipinski definition) is 4. The van der Waals surface area contributed by atoms with Crippen molar-refractivity contribution in [3.05, 3.63) is 89.0 Å². The van der Waals surface area contributed by atoms with E-state index >= 15 is 0 Å². The van der Waals surface area contributed by atoms with Crippen molar-refractivity contribution in [1.82, 2.24) is 0 Å². The topological polar surface area (TPSA) is 73.6 Å². The molecule has 5 nitrogen and oxygen atoms in total. The number of nitrogens with one attached hydrogen (secondary N) is 1. The van der Waals surface area contributed by atoms with Crippen molar-refractivity contribution >= 4 is 36.2 Å². The molecule has 0 aromatic heterocycles. The van der Waals surface area contributed by atoms with Gasteiger partial charge in [-0.2, -0.15) is 0 Å². The summed E-state index contributed by atoms with van der Waals surface area (Å²) in [5.74, 6) is 1.10. The summed E-state index contributed by atoms with van der Waals surface area (Å²) in [4.78, 5) is 12.5. The molecule has 6 heteroatoms. The predicted octanol–water partition coefficient (Wildman–Crippen LogP) is 5.11. The fourth-order valence-electron chi connectivity index (χ4n) is 3.19. The number of nitrogens with two attached hydrogens (primary N) is 1. The van der Waals surface area contributed by atoms with Gasteiger partial charge in [0.1, 0.15) is 6.61 Å². The highest BCUT2D eigenvalue weighted by Crippen LogP contribution is 2.28. The lowest BCUT2D eigenvalue weighted by molar-refractivity contribution is -0.115. The number of carbonyl (C=O) groups excluding carboxylic acids is 1. The van der Waals surface area contributed by atoms with Crippen LogP contribution >= 0.6 is 12.4 Å². The number of ether oxygens (including phenoxy) is 2. The molecular weight excluding hydrogens is 424 g/mol. The van der Waals surface area contributed by atoms with Gasteiger partial charge in [-0.3, -0.25) is 4.79 Å². The standard InChI is InChI=1S/C26H28N2O3.ClH/c1-19-5-3-6-20(15-19)9-10-21-7-4-8-23(16-21)28-26(29)18-22-11-12-24(31-14-13-27)25(17-22)30-2;/h3-12,15-17H,13-14,18,27H2,1-2H3,(H,28,29);1H/b10-9+;. The molecule has 0 aliphatic rings. The molecule has 1 amide bonds. The van der Waals surface area contributed by atoms with Crippen LogP contribution in [-0.2, 0) is 11.2 Å². The van der Waals surface area contributed by atoms with Crippen LogP contribution in [0, 0.1) is 6.92 Å². The SMILES string of the molecule is COc1cc(CC(=O)Nc2cccc(/C=C/c3cccc(C)c3)c2)ccc1OCCN.Cl. The van der Waals surface area contributed by atoms with Gasteiger partial charge in [0.15, 0.2) is 11.5 Å². The smallest absolute Gasteiger partial charge is 0.228 e. The Kier molecular flexibility index (Phi) is 9.79. The molecule has 0 unspecified atom stereocenters. The summed E-state index contributed by atoms with van der Waals surface area (Å²) in [7, 11) is 1.57. The van der Waals surface area contributed by atoms with Crippen LogP contribution in [0.25, 0.3) is 12.2 Å². The van der Waals surface area contributed by atoms with Crippen LogP contribution in [-0.4, -0.2) is 26.2 Å². The third kappa shape index (κ3) is 7.45. The summed E-state index contributed by atoms with van der Waals surface area (Å²) in [6.07, 6.45) is 4.33. The number of benzene rings is 3. The molecule has 168 valence electrons. The highest BCUT2D eigenvalue weighted by atomic mass is 35.5. The third-order valence-corrected chi connectivity index (χ3v) is 4.65. The van der Waals surface area contributed by atoms with E-state index in [9.17, 15) is 4.79 Å². The summed E-state index contributed by atoms with van der Waals surface area (Å²) in [6, 6.07) is 21.5. The van der Waals surface area contributed by atoms with Crippen molar-refractivity contribution < 1.29 is 14.3 Å². The molecule has 0 saturated carbocycles. The van der Waals surface area contributed by atoms with Crippen LogP contribution < -0.4 is 20.5 Å². The Morgan fingerprint density at radius 2 is 1.69 bits per heavy atom. The maximum absolute atomic E-state index is 12.5. The zero-order chi connectivity index (χ0) is 22.1. The molecule has 0 atom stereocenters. The summed E-state index contributed by atoms with van der Waals surface area (Å²) in [5, 5.41) is 2.96. The van der Waals surface area contributed by atoms with E-state index in [1.165, 1.54) is 5.56 Å². The minimum atomic E-state index is -0.0995. The largest absolute Gasteiger partial charge is 0.493 e. The number of methoxy groups -OCH3 is 1. The van der Waals surface area contributed by atoms with E-state index in [2.05, 4.69) is 36.5 Å². The highest BCUT2D eigenvalue weighted by Gasteiger charge is 2.09. The Labute approximate surface area is 195 Å². The van der Waals surface area contributed by atoms with Crippen molar-refractivity contribution in [3.8, 4) is 11.5 Å². The molecule has 0 aliphatic carbocycles. The zero-order valence-electron chi connectivity index (χ0n) is 18.3. The van der Waals surface area contributed by atoms with E-state index in [0.717, 1.165) is 22.4 Å². The summed E-state index contributed by atoms with van der Waals surface area (Å²) in [6.45, 7) is 2.90. The lowest BCUT2D eigenvalue weighted by Crippen LogP contribution is -2.14. The van der Waals surface area contributed by atoms with Gasteiger partial charge in [-0.05, 0) is 47.9 Å². The fraction of sp³-hybridized carbons (Fsp3) is 0.192. The highest BCUT2D eigenvalue weighted by molar-refractivity contribution is 5.92. The van der Waals surface area contributed by atoms with Crippen molar-refractivity contribution in [1.29, 1.82) is 0 Å². The van der Waals surface area contributed by atoms with E-state index < -0.39 is 0 Å². The first kappa shape index (κ1) is 25.0. The molecule has 0 heterocycles. The second-order valence-electron chi connectivity index (χ2n) is 7.22. The van der Waals surface area contributed by atoms with Crippen LogP contribution in [0.5, 0.6) is 11.5 Å². The van der Waals surface area contributed by atoms with Crippen LogP contribution in [0.3, 0.4) is 0 Å². The van der Waals surface area contributed by atoms with Crippen LogP contribution in [0.15, 0.2) is 66.7 Å². The van der Waals surface area contributed by atoms with Crippen molar-refractivity contribution in [2.75, 3.05) is 25.6 Å². The van der Waals surface area contributed by atoms with Gasteiger partial charge in [-0.1, -0.05) is 60.2 Å². The average Bonchev–Trinajstić information content (AvgIpc) is 2.77. The Morgan fingerprint density at radius 1 is 0.969 bits per heavy atom. The Morgan fingerprint density at radius 3 is 2.38 bits per heavy atom. The molecule has 0 spiro atoms. The Balaban J connectivity index is 0.00000363. The molecule has 3 aromatic rings. The van der Waals surface area contributed by atoms with E-state index in [1.807, 2.05) is 48.5 Å². The van der Waals surface area contributed by atoms with E-state index in [0.29, 0.717) is 24.7 Å². The fourth-order valence-corrected chi connectivity index (χ4v) is 3.19. The molecule has 3 N–H and O–H groups in total. The summed E-state index contributed by atoms with van der Waals surface area (Å²) >= 11 is 0. The van der Waals surface area contributed by atoms with Gasteiger partial charge in [0.25, 0.3) is 0 Å². The predicted molar refractivity (Wildman–Crippen MR) is 134 cm³/mol. The van der Waals surface area contributed by atoms with Gasteiger partial charge in [-0.25, -0.2) is 0 Å². The molecule has 0 aliphatic heterocycles. The quantitative estimate of drug-likeness (QED) is 0.442. The van der Waals surface area contributed by atoms with Gasteiger partial charge < -0.3 is 20.5 Å². The normalized spacial score (nSPS) is 10.5.